The fourth-order valence-electron chi connectivity index (χ4n) is 2.72. The first-order valence-corrected chi connectivity index (χ1v) is 8.04. The highest BCUT2D eigenvalue weighted by Crippen LogP contribution is 2.25. The predicted molar refractivity (Wildman–Crippen MR) is 79.7 cm³/mol. The van der Waals surface area contributed by atoms with Gasteiger partial charge in [-0.15, -0.1) is 0 Å². The highest BCUT2D eigenvalue weighted by Gasteiger charge is 2.25. The average molecular weight is 293 g/mol. The zero-order chi connectivity index (χ0) is 14.5. The summed E-state index contributed by atoms with van der Waals surface area (Å²) in [5.41, 5.74) is 0.640. The number of nitrogens with one attached hydrogen (secondary N) is 1. The summed E-state index contributed by atoms with van der Waals surface area (Å²) in [4.78, 5) is 0. The molecule has 0 aromatic heterocycles. The standard InChI is InChI=1S/C17H24FNO2/c18-16-7-2-1-6-15(16)17(11-19-13-8-9-13)21-12-14-5-3-4-10-20-14/h1-2,6-7,13-14,17,19H,3-5,8-12H2. The smallest absolute Gasteiger partial charge is 0.129 e. The third kappa shape index (κ3) is 4.50. The van der Waals surface area contributed by atoms with Gasteiger partial charge in [0.1, 0.15) is 5.82 Å². The fourth-order valence-corrected chi connectivity index (χ4v) is 2.72. The van der Waals surface area contributed by atoms with Crippen molar-refractivity contribution in [3.05, 3.63) is 35.6 Å². The van der Waals surface area contributed by atoms with Gasteiger partial charge in [-0.2, -0.15) is 0 Å². The van der Waals surface area contributed by atoms with Crippen LogP contribution in [0.25, 0.3) is 0 Å². The molecule has 0 radical (unpaired) electrons. The Morgan fingerprint density at radius 2 is 2.10 bits per heavy atom. The summed E-state index contributed by atoms with van der Waals surface area (Å²) in [5.74, 6) is -0.190. The van der Waals surface area contributed by atoms with E-state index in [1.54, 1.807) is 6.07 Å². The van der Waals surface area contributed by atoms with E-state index in [2.05, 4.69) is 5.32 Å². The van der Waals surface area contributed by atoms with Crippen LogP contribution in [0.3, 0.4) is 0 Å². The summed E-state index contributed by atoms with van der Waals surface area (Å²) in [6.07, 6.45) is 5.73. The van der Waals surface area contributed by atoms with Gasteiger partial charge in [0.25, 0.3) is 0 Å². The van der Waals surface area contributed by atoms with Gasteiger partial charge in [-0.05, 0) is 38.2 Å². The van der Waals surface area contributed by atoms with Crippen molar-refractivity contribution in [3.63, 3.8) is 0 Å². The highest BCUT2D eigenvalue weighted by molar-refractivity contribution is 5.20. The molecule has 3 rings (SSSR count). The molecule has 21 heavy (non-hydrogen) atoms. The van der Waals surface area contributed by atoms with Crippen LogP contribution >= 0.6 is 0 Å². The van der Waals surface area contributed by atoms with Gasteiger partial charge in [0.2, 0.25) is 0 Å². The van der Waals surface area contributed by atoms with Crippen LogP contribution in [-0.4, -0.2) is 31.9 Å². The molecule has 0 spiro atoms. The van der Waals surface area contributed by atoms with E-state index in [1.165, 1.54) is 25.3 Å². The number of halogens is 1. The topological polar surface area (TPSA) is 30.5 Å². The van der Waals surface area contributed by atoms with Crippen LogP contribution in [0.4, 0.5) is 4.39 Å². The van der Waals surface area contributed by atoms with Crippen LogP contribution in [-0.2, 0) is 9.47 Å². The van der Waals surface area contributed by atoms with Crippen molar-refractivity contribution in [3.8, 4) is 0 Å². The molecular formula is C17H24FNO2. The number of hydrogen-bond donors (Lipinski definition) is 1. The lowest BCUT2D eigenvalue weighted by Crippen LogP contribution is -2.30. The van der Waals surface area contributed by atoms with E-state index in [0.717, 1.165) is 19.4 Å². The second-order valence-electron chi connectivity index (χ2n) is 6.01. The van der Waals surface area contributed by atoms with E-state index in [4.69, 9.17) is 9.47 Å². The predicted octanol–water partition coefficient (Wildman–Crippen LogP) is 3.20. The maximum atomic E-state index is 14.0. The van der Waals surface area contributed by atoms with E-state index in [9.17, 15) is 4.39 Å². The Balaban J connectivity index is 1.59. The first kappa shape index (κ1) is 14.9. The SMILES string of the molecule is Fc1ccccc1C(CNC1CC1)OCC1CCCCO1. The van der Waals surface area contributed by atoms with E-state index in [-0.39, 0.29) is 18.0 Å². The van der Waals surface area contributed by atoms with Gasteiger partial charge in [-0.1, -0.05) is 18.2 Å². The van der Waals surface area contributed by atoms with Crippen LogP contribution in [0.5, 0.6) is 0 Å². The lowest BCUT2D eigenvalue weighted by Gasteiger charge is -2.26. The molecule has 1 aromatic carbocycles. The molecule has 2 unspecified atom stereocenters. The van der Waals surface area contributed by atoms with Gasteiger partial charge in [-0.25, -0.2) is 4.39 Å². The largest absolute Gasteiger partial charge is 0.376 e. The van der Waals surface area contributed by atoms with Crippen LogP contribution < -0.4 is 5.32 Å². The molecule has 1 aliphatic heterocycles. The average Bonchev–Trinajstić information content (AvgIpc) is 3.34. The van der Waals surface area contributed by atoms with Crippen molar-refractivity contribution in [2.45, 2.75) is 50.4 Å². The Bertz CT molecular complexity index is 444. The molecule has 2 aliphatic rings. The minimum absolute atomic E-state index is 0.161. The van der Waals surface area contributed by atoms with Crippen molar-refractivity contribution in [1.29, 1.82) is 0 Å². The molecule has 0 bridgehead atoms. The number of benzene rings is 1. The van der Waals surface area contributed by atoms with Crippen molar-refractivity contribution in [2.24, 2.45) is 0 Å². The maximum Gasteiger partial charge on any atom is 0.129 e. The van der Waals surface area contributed by atoms with Crippen LogP contribution in [0.1, 0.15) is 43.8 Å². The molecule has 2 atom stereocenters. The summed E-state index contributed by atoms with van der Waals surface area (Å²) in [6, 6.07) is 7.49. The monoisotopic (exact) mass is 293 g/mol. The van der Waals surface area contributed by atoms with E-state index in [1.807, 2.05) is 12.1 Å². The molecule has 1 heterocycles. The molecule has 1 saturated heterocycles. The van der Waals surface area contributed by atoms with Gasteiger partial charge >= 0.3 is 0 Å². The molecule has 116 valence electrons. The van der Waals surface area contributed by atoms with Crippen molar-refractivity contribution in [1.82, 2.24) is 5.32 Å². The molecule has 3 nitrogen and oxygen atoms in total. The zero-order valence-electron chi connectivity index (χ0n) is 12.4. The summed E-state index contributed by atoms with van der Waals surface area (Å²) >= 11 is 0. The summed E-state index contributed by atoms with van der Waals surface area (Å²) in [7, 11) is 0. The minimum atomic E-state index is -0.239. The Kier molecular flexibility index (Phi) is 5.22. The van der Waals surface area contributed by atoms with Crippen molar-refractivity contribution in [2.75, 3.05) is 19.8 Å². The first-order chi connectivity index (χ1) is 10.3. The van der Waals surface area contributed by atoms with Crippen LogP contribution in [0, 0.1) is 5.82 Å². The second-order valence-corrected chi connectivity index (χ2v) is 6.01. The fraction of sp³-hybridized carbons (Fsp3) is 0.647. The normalized spacial score (nSPS) is 24.0. The van der Waals surface area contributed by atoms with Crippen LogP contribution in [0.2, 0.25) is 0 Å². The summed E-state index contributed by atoms with van der Waals surface area (Å²) in [6.45, 7) is 2.03. The Morgan fingerprint density at radius 1 is 1.24 bits per heavy atom. The number of hydrogen-bond acceptors (Lipinski definition) is 3. The lowest BCUT2D eigenvalue weighted by atomic mass is 10.1. The van der Waals surface area contributed by atoms with E-state index in [0.29, 0.717) is 24.8 Å². The molecule has 0 amide bonds. The van der Waals surface area contributed by atoms with Gasteiger partial charge in [0, 0.05) is 24.8 Å². The Morgan fingerprint density at radius 3 is 2.81 bits per heavy atom. The minimum Gasteiger partial charge on any atom is -0.376 e. The number of rotatable bonds is 7. The van der Waals surface area contributed by atoms with Crippen molar-refractivity contribution >= 4 is 0 Å². The molecule has 1 aliphatic carbocycles. The third-order valence-corrected chi connectivity index (χ3v) is 4.18. The Hall–Kier alpha value is -0.970. The molecule has 2 fully saturated rings. The first-order valence-electron chi connectivity index (χ1n) is 8.04. The van der Waals surface area contributed by atoms with E-state index >= 15 is 0 Å². The quantitative estimate of drug-likeness (QED) is 0.837. The second kappa shape index (κ2) is 7.34. The van der Waals surface area contributed by atoms with Crippen molar-refractivity contribution < 1.29 is 13.9 Å². The van der Waals surface area contributed by atoms with Gasteiger partial charge in [0.05, 0.1) is 18.8 Å². The zero-order valence-corrected chi connectivity index (χ0v) is 12.4. The number of ether oxygens (including phenoxy) is 2. The maximum absolute atomic E-state index is 14.0. The summed E-state index contributed by atoms with van der Waals surface area (Å²) in [5, 5.41) is 3.44. The Labute approximate surface area is 125 Å². The molecular weight excluding hydrogens is 269 g/mol. The molecule has 1 N–H and O–H groups in total. The molecule has 1 aromatic rings. The van der Waals surface area contributed by atoms with Crippen LogP contribution in [0.15, 0.2) is 24.3 Å². The molecule has 4 heteroatoms. The van der Waals surface area contributed by atoms with Gasteiger partial charge in [0.15, 0.2) is 0 Å². The highest BCUT2D eigenvalue weighted by atomic mass is 19.1. The lowest BCUT2D eigenvalue weighted by molar-refractivity contribution is -0.0640. The summed E-state index contributed by atoms with van der Waals surface area (Å²) < 4.78 is 25.7. The third-order valence-electron chi connectivity index (χ3n) is 4.18. The van der Waals surface area contributed by atoms with Gasteiger partial charge < -0.3 is 14.8 Å². The molecule has 1 saturated carbocycles. The van der Waals surface area contributed by atoms with E-state index < -0.39 is 0 Å². The van der Waals surface area contributed by atoms with Gasteiger partial charge in [-0.3, -0.25) is 0 Å².